The molecule has 2 atom stereocenters. The average molecular weight is 282 g/mol. The molecule has 1 aromatic rings. The van der Waals surface area contributed by atoms with Crippen LogP contribution in [-0.4, -0.2) is 24.0 Å². The lowest BCUT2D eigenvalue weighted by atomic mass is 9.86. The van der Waals surface area contributed by atoms with Gasteiger partial charge in [-0.05, 0) is 32.4 Å². The molecule has 2 unspecified atom stereocenters. The number of allylic oxidation sites excluding steroid dienone is 2. The molecule has 0 radical (unpaired) electrons. The van der Waals surface area contributed by atoms with E-state index in [9.17, 15) is 4.79 Å². The number of likely N-dealkylation sites (tertiary alicyclic amines) is 1. The van der Waals surface area contributed by atoms with Crippen molar-refractivity contribution < 1.29 is 4.79 Å². The third kappa shape index (κ3) is 2.73. The van der Waals surface area contributed by atoms with E-state index in [2.05, 4.69) is 43.5 Å². The van der Waals surface area contributed by atoms with E-state index in [0.29, 0.717) is 11.8 Å². The van der Waals surface area contributed by atoms with Crippen LogP contribution < -0.4 is 5.32 Å². The Kier molecular flexibility index (Phi) is 3.58. The second-order valence-corrected chi connectivity index (χ2v) is 6.22. The maximum atomic E-state index is 12.5. The van der Waals surface area contributed by atoms with E-state index in [1.54, 1.807) is 0 Å². The van der Waals surface area contributed by atoms with Crippen molar-refractivity contribution in [1.29, 1.82) is 0 Å². The second kappa shape index (κ2) is 5.40. The summed E-state index contributed by atoms with van der Waals surface area (Å²) in [6.07, 6.45) is 6.50. The number of rotatable bonds is 1. The molecular weight excluding hydrogens is 260 g/mol. The van der Waals surface area contributed by atoms with Gasteiger partial charge in [0.1, 0.15) is 0 Å². The number of carbonyl (C=O) groups is 1. The smallest absolute Gasteiger partial charge is 0.321 e. The Balaban J connectivity index is 1.70. The molecule has 1 N–H and O–H groups in total. The SMILES string of the molecule is CC1=CC=CC2CN(C(=O)Nc3ccc(C)cc3C)CC12. The molecule has 2 amide bonds. The van der Waals surface area contributed by atoms with E-state index in [1.165, 1.54) is 11.1 Å². The summed E-state index contributed by atoms with van der Waals surface area (Å²) in [7, 11) is 0. The number of fused-ring (bicyclic) bond motifs is 1. The molecule has 110 valence electrons. The number of aryl methyl sites for hydroxylation is 2. The minimum atomic E-state index is 0.0116. The number of amides is 2. The maximum absolute atomic E-state index is 12.5. The van der Waals surface area contributed by atoms with Gasteiger partial charge in [0, 0.05) is 30.6 Å². The average Bonchev–Trinajstić information content (AvgIpc) is 2.87. The van der Waals surface area contributed by atoms with Crippen molar-refractivity contribution >= 4 is 11.7 Å². The molecule has 1 aromatic carbocycles. The number of benzene rings is 1. The highest BCUT2D eigenvalue weighted by molar-refractivity contribution is 5.90. The zero-order chi connectivity index (χ0) is 15.0. The Bertz CT molecular complexity index is 630. The maximum Gasteiger partial charge on any atom is 0.321 e. The summed E-state index contributed by atoms with van der Waals surface area (Å²) in [6, 6.07) is 6.12. The van der Waals surface area contributed by atoms with Crippen LogP contribution in [-0.2, 0) is 0 Å². The number of anilines is 1. The fraction of sp³-hybridized carbons (Fsp3) is 0.389. The Labute approximate surface area is 126 Å². The second-order valence-electron chi connectivity index (χ2n) is 6.22. The van der Waals surface area contributed by atoms with Gasteiger partial charge in [-0.3, -0.25) is 0 Å². The van der Waals surface area contributed by atoms with Crippen LogP contribution in [0.25, 0.3) is 0 Å². The number of nitrogens with zero attached hydrogens (tertiary/aromatic N) is 1. The summed E-state index contributed by atoms with van der Waals surface area (Å²) in [6.45, 7) is 7.87. The summed E-state index contributed by atoms with van der Waals surface area (Å²) >= 11 is 0. The van der Waals surface area contributed by atoms with Crippen LogP contribution in [0.5, 0.6) is 0 Å². The van der Waals surface area contributed by atoms with Gasteiger partial charge >= 0.3 is 6.03 Å². The van der Waals surface area contributed by atoms with Crippen LogP contribution in [0.15, 0.2) is 42.0 Å². The molecule has 3 nitrogen and oxygen atoms in total. The van der Waals surface area contributed by atoms with E-state index in [-0.39, 0.29) is 6.03 Å². The number of urea groups is 1. The monoisotopic (exact) mass is 282 g/mol. The molecule has 1 fully saturated rings. The van der Waals surface area contributed by atoms with Gasteiger partial charge in [0.15, 0.2) is 0 Å². The lowest BCUT2D eigenvalue weighted by Gasteiger charge is -2.19. The standard InChI is InChI=1S/C18H22N2O/c1-12-7-8-17(14(3)9-12)19-18(21)20-10-15-6-4-5-13(2)16(15)11-20/h4-9,15-16H,10-11H2,1-3H3,(H,19,21). The summed E-state index contributed by atoms with van der Waals surface area (Å²) < 4.78 is 0. The molecule has 0 spiro atoms. The van der Waals surface area contributed by atoms with Crippen LogP contribution in [0.1, 0.15) is 18.1 Å². The Morgan fingerprint density at radius 1 is 1.24 bits per heavy atom. The van der Waals surface area contributed by atoms with Crippen molar-refractivity contribution in [2.45, 2.75) is 20.8 Å². The van der Waals surface area contributed by atoms with Gasteiger partial charge in [0.25, 0.3) is 0 Å². The molecule has 3 heteroatoms. The summed E-state index contributed by atoms with van der Waals surface area (Å²) in [5, 5.41) is 3.05. The fourth-order valence-electron chi connectivity index (χ4n) is 3.29. The Morgan fingerprint density at radius 2 is 2.05 bits per heavy atom. The predicted molar refractivity (Wildman–Crippen MR) is 86.4 cm³/mol. The highest BCUT2D eigenvalue weighted by atomic mass is 16.2. The van der Waals surface area contributed by atoms with Crippen LogP contribution in [0, 0.1) is 25.7 Å². The first-order valence-electron chi connectivity index (χ1n) is 7.53. The third-order valence-corrected chi connectivity index (χ3v) is 4.58. The molecule has 0 aromatic heterocycles. The van der Waals surface area contributed by atoms with Gasteiger partial charge in [0.2, 0.25) is 0 Å². The van der Waals surface area contributed by atoms with Crippen molar-refractivity contribution in [1.82, 2.24) is 4.90 Å². The highest BCUT2D eigenvalue weighted by Crippen LogP contribution is 2.33. The molecule has 1 aliphatic heterocycles. The molecule has 1 heterocycles. The van der Waals surface area contributed by atoms with Crippen LogP contribution in [0.3, 0.4) is 0 Å². The van der Waals surface area contributed by atoms with E-state index in [4.69, 9.17) is 0 Å². The summed E-state index contributed by atoms with van der Waals surface area (Å²) in [5.74, 6) is 0.958. The van der Waals surface area contributed by atoms with Gasteiger partial charge in [-0.2, -0.15) is 0 Å². The van der Waals surface area contributed by atoms with Crippen molar-refractivity contribution in [2.24, 2.45) is 11.8 Å². The first-order chi connectivity index (χ1) is 10.0. The van der Waals surface area contributed by atoms with Crippen molar-refractivity contribution in [3.63, 3.8) is 0 Å². The molecule has 1 saturated heterocycles. The minimum absolute atomic E-state index is 0.0116. The lowest BCUT2D eigenvalue weighted by molar-refractivity contribution is 0.221. The number of hydrogen-bond donors (Lipinski definition) is 1. The van der Waals surface area contributed by atoms with Crippen LogP contribution in [0.2, 0.25) is 0 Å². The van der Waals surface area contributed by atoms with Crippen molar-refractivity contribution in [3.05, 3.63) is 53.1 Å². The molecule has 0 saturated carbocycles. The van der Waals surface area contributed by atoms with Gasteiger partial charge in [-0.1, -0.05) is 41.5 Å². The summed E-state index contributed by atoms with van der Waals surface area (Å²) in [5.41, 5.74) is 4.60. The quantitative estimate of drug-likeness (QED) is 0.832. The van der Waals surface area contributed by atoms with Crippen molar-refractivity contribution in [2.75, 3.05) is 18.4 Å². The normalized spacial score (nSPS) is 23.8. The third-order valence-electron chi connectivity index (χ3n) is 4.58. The topological polar surface area (TPSA) is 32.3 Å². The number of carbonyl (C=O) groups excluding carboxylic acids is 1. The van der Waals surface area contributed by atoms with E-state index in [0.717, 1.165) is 24.3 Å². The van der Waals surface area contributed by atoms with Crippen LogP contribution >= 0.6 is 0 Å². The molecule has 1 aliphatic carbocycles. The first-order valence-corrected chi connectivity index (χ1v) is 7.53. The van der Waals surface area contributed by atoms with Gasteiger partial charge in [0.05, 0.1) is 0 Å². The molecule has 0 bridgehead atoms. The molecular formula is C18H22N2O. The van der Waals surface area contributed by atoms with Gasteiger partial charge in [-0.15, -0.1) is 0 Å². The Hall–Kier alpha value is -2.03. The number of nitrogens with one attached hydrogen (secondary N) is 1. The highest BCUT2D eigenvalue weighted by Gasteiger charge is 2.35. The van der Waals surface area contributed by atoms with E-state index >= 15 is 0 Å². The Morgan fingerprint density at radius 3 is 2.76 bits per heavy atom. The van der Waals surface area contributed by atoms with E-state index < -0.39 is 0 Å². The molecule has 2 aliphatic rings. The minimum Gasteiger partial charge on any atom is -0.323 e. The fourth-order valence-corrected chi connectivity index (χ4v) is 3.29. The van der Waals surface area contributed by atoms with E-state index in [1.807, 2.05) is 24.0 Å². The predicted octanol–water partition coefficient (Wildman–Crippen LogP) is 3.90. The largest absolute Gasteiger partial charge is 0.323 e. The van der Waals surface area contributed by atoms with Crippen LogP contribution in [0.4, 0.5) is 10.5 Å². The molecule has 3 rings (SSSR count). The lowest BCUT2D eigenvalue weighted by Crippen LogP contribution is -2.33. The van der Waals surface area contributed by atoms with Gasteiger partial charge in [-0.25, -0.2) is 4.79 Å². The zero-order valence-corrected chi connectivity index (χ0v) is 12.9. The van der Waals surface area contributed by atoms with Crippen molar-refractivity contribution in [3.8, 4) is 0 Å². The summed E-state index contributed by atoms with van der Waals surface area (Å²) in [4.78, 5) is 14.4. The molecule has 21 heavy (non-hydrogen) atoms. The zero-order valence-electron chi connectivity index (χ0n) is 12.9. The van der Waals surface area contributed by atoms with Gasteiger partial charge < -0.3 is 10.2 Å². The number of hydrogen-bond acceptors (Lipinski definition) is 1. The first kappa shape index (κ1) is 13.9.